The lowest BCUT2D eigenvalue weighted by Crippen LogP contribution is -2.65. The molecule has 2 aromatic rings. The van der Waals surface area contributed by atoms with Crippen LogP contribution in [0.15, 0.2) is 60.7 Å². The smallest absolute Gasteiger partial charge is 0.217 e. The van der Waals surface area contributed by atoms with Crippen molar-refractivity contribution < 1.29 is 29.2 Å². The van der Waals surface area contributed by atoms with Crippen molar-refractivity contribution in [3.05, 3.63) is 71.8 Å². The number of amides is 1. The second-order valence-corrected chi connectivity index (χ2v) is 7.00. The van der Waals surface area contributed by atoms with Crippen LogP contribution in [0.5, 0.6) is 0 Å². The van der Waals surface area contributed by atoms with Crippen LogP contribution in [0.4, 0.5) is 0 Å². The van der Waals surface area contributed by atoms with E-state index in [4.69, 9.17) is 14.2 Å². The molecular formula is C22H27NO6. The largest absolute Gasteiger partial charge is 0.394 e. The number of nitrogens with one attached hydrogen (secondary N) is 1. The van der Waals surface area contributed by atoms with Crippen LogP contribution in [0.1, 0.15) is 18.1 Å². The summed E-state index contributed by atoms with van der Waals surface area (Å²) in [6.07, 6.45) is -3.72. The van der Waals surface area contributed by atoms with E-state index in [0.717, 1.165) is 11.1 Å². The highest BCUT2D eigenvalue weighted by Crippen LogP contribution is 2.26. The molecule has 156 valence electrons. The van der Waals surface area contributed by atoms with Crippen molar-refractivity contribution in [2.75, 3.05) is 6.61 Å². The van der Waals surface area contributed by atoms with Gasteiger partial charge in [-0.3, -0.25) is 4.79 Å². The number of aliphatic hydroxyl groups excluding tert-OH is 2. The predicted molar refractivity (Wildman–Crippen MR) is 106 cm³/mol. The lowest BCUT2D eigenvalue weighted by molar-refractivity contribution is -0.281. The van der Waals surface area contributed by atoms with Gasteiger partial charge in [0.1, 0.15) is 24.4 Å². The molecular weight excluding hydrogens is 374 g/mol. The van der Waals surface area contributed by atoms with Crippen molar-refractivity contribution in [3.63, 3.8) is 0 Å². The van der Waals surface area contributed by atoms with E-state index in [9.17, 15) is 15.0 Å². The lowest BCUT2D eigenvalue weighted by atomic mass is 9.96. The number of benzene rings is 2. The molecule has 1 amide bonds. The highest BCUT2D eigenvalue weighted by molar-refractivity contribution is 5.73. The Balaban J connectivity index is 1.76. The van der Waals surface area contributed by atoms with Gasteiger partial charge in [-0.05, 0) is 11.1 Å². The Morgan fingerprint density at radius 3 is 2.07 bits per heavy atom. The van der Waals surface area contributed by atoms with Gasteiger partial charge in [0.25, 0.3) is 0 Å². The third kappa shape index (κ3) is 5.85. The quantitative estimate of drug-likeness (QED) is 0.618. The average molecular weight is 401 g/mol. The zero-order chi connectivity index (χ0) is 20.6. The van der Waals surface area contributed by atoms with E-state index in [1.807, 2.05) is 60.7 Å². The first-order chi connectivity index (χ1) is 14.1. The molecule has 0 saturated carbocycles. The molecule has 1 aliphatic rings. The topological polar surface area (TPSA) is 97.3 Å². The van der Waals surface area contributed by atoms with Gasteiger partial charge in [-0.15, -0.1) is 0 Å². The number of rotatable bonds is 8. The third-order valence-corrected chi connectivity index (χ3v) is 4.77. The fourth-order valence-electron chi connectivity index (χ4n) is 3.32. The van der Waals surface area contributed by atoms with Crippen LogP contribution in [-0.2, 0) is 32.2 Å². The van der Waals surface area contributed by atoms with Crippen molar-refractivity contribution >= 4 is 5.91 Å². The molecule has 2 aromatic carbocycles. The van der Waals surface area contributed by atoms with Gasteiger partial charge in [0.2, 0.25) is 5.91 Å². The van der Waals surface area contributed by atoms with Gasteiger partial charge in [0.15, 0.2) is 6.29 Å². The maximum Gasteiger partial charge on any atom is 0.217 e. The first kappa shape index (κ1) is 21.4. The Kier molecular flexibility index (Phi) is 7.74. The van der Waals surface area contributed by atoms with E-state index < -0.39 is 37.3 Å². The van der Waals surface area contributed by atoms with Crippen LogP contribution < -0.4 is 5.32 Å². The van der Waals surface area contributed by atoms with Gasteiger partial charge in [-0.25, -0.2) is 0 Å². The van der Waals surface area contributed by atoms with E-state index in [-0.39, 0.29) is 19.1 Å². The third-order valence-electron chi connectivity index (χ3n) is 4.77. The van der Waals surface area contributed by atoms with Gasteiger partial charge in [0.05, 0.1) is 19.8 Å². The summed E-state index contributed by atoms with van der Waals surface area (Å²) in [6.45, 7) is 1.47. The van der Waals surface area contributed by atoms with Gasteiger partial charge in [0, 0.05) is 6.92 Å². The highest BCUT2D eigenvalue weighted by atomic mass is 16.7. The second kappa shape index (κ2) is 10.5. The van der Waals surface area contributed by atoms with E-state index in [2.05, 4.69) is 5.32 Å². The monoisotopic (exact) mass is 401 g/mol. The van der Waals surface area contributed by atoms with Crippen LogP contribution in [0.25, 0.3) is 0 Å². The Labute approximate surface area is 170 Å². The molecule has 0 aromatic heterocycles. The van der Waals surface area contributed by atoms with Gasteiger partial charge < -0.3 is 29.7 Å². The molecule has 1 unspecified atom stereocenters. The first-order valence-corrected chi connectivity index (χ1v) is 9.61. The Bertz CT molecular complexity index is 756. The van der Waals surface area contributed by atoms with Crippen LogP contribution in [0.3, 0.4) is 0 Å². The van der Waals surface area contributed by atoms with Gasteiger partial charge in [-0.1, -0.05) is 60.7 Å². The summed E-state index contributed by atoms with van der Waals surface area (Å²) in [5.41, 5.74) is 1.86. The zero-order valence-corrected chi connectivity index (χ0v) is 16.3. The van der Waals surface area contributed by atoms with Gasteiger partial charge >= 0.3 is 0 Å². The molecule has 3 rings (SSSR count). The van der Waals surface area contributed by atoms with Crippen molar-refractivity contribution in [1.82, 2.24) is 5.32 Å². The summed E-state index contributed by atoms with van der Waals surface area (Å²) in [5.74, 6) is -0.296. The minimum Gasteiger partial charge on any atom is -0.394 e. The molecule has 1 fully saturated rings. The van der Waals surface area contributed by atoms with E-state index in [1.165, 1.54) is 6.92 Å². The molecule has 0 spiro atoms. The van der Waals surface area contributed by atoms with Crippen molar-refractivity contribution in [2.45, 2.75) is 50.8 Å². The summed E-state index contributed by atoms with van der Waals surface area (Å²) >= 11 is 0. The number of hydrogen-bond acceptors (Lipinski definition) is 6. The van der Waals surface area contributed by atoms with E-state index in [0.29, 0.717) is 0 Å². The molecule has 7 heteroatoms. The number of carbonyl (C=O) groups excluding carboxylic acids is 1. The molecule has 7 nitrogen and oxygen atoms in total. The van der Waals surface area contributed by atoms with Crippen LogP contribution in [0.2, 0.25) is 0 Å². The highest BCUT2D eigenvalue weighted by Gasteiger charge is 2.46. The first-order valence-electron chi connectivity index (χ1n) is 9.61. The Hall–Kier alpha value is -2.29. The summed E-state index contributed by atoms with van der Waals surface area (Å²) in [7, 11) is 0. The molecule has 0 radical (unpaired) electrons. The van der Waals surface area contributed by atoms with Crippen molar-refractivity contribution in [3.8, 4) is 0 Å². The zero-order valence-electron chi connectivity index (χ0n) is 16.3. The van der Waals surface area contributed by atoms with Crippen molar-refractivity contribution in [2.24, 2.45) is 0 Å². The average Bonchev–Trinajstić information content (AvgIpc) is 2.74. The Morgan fingerprint density at radius 1 is 1.00 bits per heavy atom. The molecule has 1 saturated heterocycles. The predicted octanol–water partition coefficient (Wildman–Crippen LogP) is 1.37. The van der Waals surface area contributed by atoms with E-state index >= 15 is 0 Å². The minimum atomic E-state index is -1.13. The van der Waals surface area contributed by atoms with Gasteiger partial charge in [-0.2, -0.15) is 0 Å². The minimum absolute atomic E-state index is 0.238. The molecule has 0 bridgehead atoms. The molecule has 5 atom stereocenters. The summed E-state index contributed by atoms with van der Waals surface area (Å²) in [6, 6.07) is 18.3. The molecule has 29 heavy (non-hydrogen) atoms. The number of carbonyl (C=O) groups is 1. The standard InChI is InChI=1S/C22H27NO6/c1-15(25)23-19-21(27-13-16-8-4-2-5-9-16)20(26)18(12-24)29-22(19)28-14-17-10-6-3-7-11-17/h2-11,18-22,24,26H,12-14H2,1H3,(H,23,25)/t18-,19-,20?,21-,22+/m1/s1. The lowest BCUT2D eigenvalue weighted by Gasteiger charge is -2.44. The summed E-state index contributed by atoms with van der Waals surface area (Å²) < 4.78 is 17.6. The second-order valence-electron chi connectivity index (χ2n) is 7.00. The maximum absolute atomic E-state index is 11.8. The fourth-order valence-corrected chi connectivity index (χ4v) is 3.32. The normalized spacial score (nSPS) is 26.8. The van der Waals surface area contributed by atoms with Crippen LogP contribution in [-0.4, -0.2) is 53.4 Å². The summed E-state index contributed by atoms with van der Waals surface area (Å²) in [4.78, 5) is 11.8. The SMILES string of the molecule is CC(=O)N[C@H]1[C@@H](OCc2ccccc2)O[C@H](CO)C(O)[C@@H]1OCc1ccccc1. The number of hydrogen-bond donors (Lipinski definition) is 3. The fraction of sp³-hybridized carbons (Fsp3) is 0.409. The molecule has 0 aliphatic carbocycles. The van der Waals surface area contributed by atoms with E-state index in [1.54, 1.807) is 0 Å². The number of ether oxygens (including phenoxy) is 3. The Morgan fingerprint density at radius 2 is 1.55 bits per heavy atom. The van der Waals surface area contributed by atoms with Crippen molar-refractivity contribution in [1.29, 1.82) is 0 Å². The number of aliphatic hydroxyl groups is 2. The van der Waals surface area contributed by atoms with Crippen LogP contribution >= 0.6 is 0 Å². The summed E-state index contributed by atoms with van der Waals surface area (Å²) in [5, 5.41) is 23.1. The van der Waals surface area contributed by atoms with Crippen LogP contribution in [0, 0.1) is 0 Å². The molecule has 1 aliphatic heterocycles. The molecule has 3 N–H and O–H groups in total. The maximum atomic E-state index is 11.8. The molecule has 1 heterocycles.